The van der Waals surface area contributed by atoms with Crippen LogP contribution in [-0.4, -0.2) is 43.9 Å². The van der Waals surface area contributed by atoms with E-state index in [2.05, 4.69) is 27.0 Å². The van der Waals surface area contributed by atoms with Gasteiger partial charge in [0, 0.05) is 37.9 Å². The molecule has 1 aliphatic heterocycles. The summed E-state index contributed by atoms with van der Waals surface area (Å²) in [5.74, 6) is 1.51. The molecule has 0 unspecified atom stereocenters. The van der Waals surface area contributed by atoms with Gasteiger partial charge in [0.25, 0.3) is 5.56 Å². The van der Waals surface area contributed by atoms with Crippen LogP contribution in [0.3, 0.4) is 0 Å². The van der Waals surface area contributed by atoms with Gasteiger partial charge in [-0.15, -0.1) is 0 Å². The Morgan fingerprint density at radius 1 is 1.32 bits per heavy atom. The van der Waals surface area contributed by atoms with Crippen LogP contribution in [0.25, 0.3) is 22.3 Å². The summed E-state index contributed by atoms with van der Waals surface area (Å²) in [6.45, 7) is 3.96. The standard InChI is InChI=1S/C21H27ClN8O/c1-11-9-13(23)21(10-11)4-7-30(8-5-21)20-26-18-14(19(31)29(20)2)16(27-28-18)12-3-6-25-17(24)15(12)22/h3,6,11,13H,4-5,7-10,23H2,1-2H3,(H2,24,25)(H,27,28)/t11-,13+/m0/s1. The van der Waals surface area contributed by atoms with Gasteiger partial charge in [-0.25, -0.2) is 4.98 Å². The number of hydrogen-bond acceptors (Lipinski definition) is 7. The summed E-state index contributed by atoms with van der Waals surface area (Å²) in [7, 11) is 1.75. The predicted octanol–water partition coefficient (Wildman–Crippen LogP) is 2.30. The molecule has 2 aliphatic rings. The maximum absolute atomic E-state index is 13.3. The van der Waals surface area contributed by atoms with Crippen LogP contribution in [0.1, 0.15) is 32.6 Å². The number of pyridine rings is 1. The highest BCUT2D eigenvalue weighted by atomic mass is 35.5. The van der Waals surface area contributed by atoms with Crippen molar-refractivity contribution in [3.8, 4) is 11.3 Å². The maximum atomic E-state index is 13.3. The zero-order valence-corrected chi connectivity index (χ0v) is 18.5. The van der Waals surface area contributed by atoms with Crippen molar-refractivity contribution in [1.82, 2.24) is 24.7 Å². The van der Waals surface area contributed by atoms with Crippen LogP contribution in [-0.2, 0) is 7.05 Å². The largest absolute Gasteiger partial charge is 0.382 e. The topological polar surface area (TPSA) is 132 Å². The molecule has 1 saturated heterocycles. The lowest BCUT2D eigenvalue weighted by Gasteiger charge is -2.42. The van der Waals surface area contributed by atoms with Gasteiger partial charge in [-0.1, -0.05) is 18.5 Å². The molecule has 2 fully saturated rings. The van der Waals surface area contributed by atoms with Crippen molar-refractivity contribution in [2.75, 3.05) is 23.7 Å². The van der Waals surface area contributed by atoms with Gasteiger partial charge in [0.15, 0.2) is 5.65 Å². The van der Waals surface area contributed by atoms with Crippen LogP contribution in [0.2, 0.25) is 5.02 Å². The third-order valence-corrected chi connectivity index (χ3v) is 7.59. The quantitative estimate of drug-likeness (QED) is 0.554. The Morgan fingerprint density at radius 3 is 2.74 bits per heavy atom. The number of fused-ring (bicyclic) bond motifs is 1. The molecule has 2 atom stereocenters. The van der Waals surface area contributed by atoms with E-state index in [1.54, 1.807) is 23.9 Å². The van der Waals surface area contributed by atoms with Crippen molar-refractivity contribution in [1.29, 1.82) is 0 Å². The molecular weight excluding hydrogens is 416 g/mol. The molecule has 3 aromatic heterocycles. The third-order valence-electron chi connectivity index (χ3n) is 7.19. The molecule has 3 aromatic rings. The molecule has 0 aromatic carbocycles. The highest BCUT2D eigenvalue weighted by Crippen LogP contribution is 2.48. The summed E-state index contributed by atoms with van der Waals surface area (Å²) in [6.07, 6.45) is 5.87. The van der Waals surface area contributed by atoms with E-state index in [-0.39, 0.29) is 27.9 Å². The zero-order chi connectivity index (χ0) is 21.9. The summed E-state index contributed by atoms with van der Waals surface area (Å²) in [5.41, 5.74) is 13.8. The first-order valence-electron chi connectivity index (χ1n) is 10.7. The summed E-state index contributed by atoms with van der Waals surface area (Å²) in [5, 5.41) is 7.89. The molecule has 164 valence electrons. The summed E-state index contributed by atoms with van der Waals surface area (Å²) in [4.78, 5) is 24.2. The average molecular weight is 443 g/mol. The smallest absolute Gasteiger partial charge is 0.266 e. The van der Waals surface area contributed by atoms with E-state index < -0.39 is 0 Å². The van der Waals surface area contributed by atoms with Gasteiger partial charge < -0.3 is 16.4 Å². The van der Waals surface area contributed by atoms with E-state index in [0.717, 1.165) is 32.4 Å². The molecule has 0 radical (unpaired) electrons. The van der Waals surface area contributed by atoms with E-state index in [1.165, 1.54) is 6.42 Å². The zero-order valence-electron chi connectivity index (χ0n) is 17.7. The second kappa shape index (κ2) is 7.20. The number of piperidine rings is 1. The molecule has 1 aliphatic carbocycles. The maximum Gasteiger partial charge on any atom is 0.266 e. The minimum Gasteiger partial charge on any atom is -0.382 e. The third kappa shape index (κ3) is 3.10. The second-order valence-electron chi connectivity index (χ2n) is 9.13. The molecule has 5 N–H and O–H groups in total. The van der Waals surface area contributed by atoms with Crippen molar-refractivity contribution in [2.24, 2.45) is 24.1 Å². The number of rotatable bonds is 2. The van der Waals surface area contributed by atoms with E-state index in [9.17, 15) is 4.79 Å². The van der Waals surface area contributed by atoms with E-state index in [4.69, 9.17) is 28.1 Å². The van der Waals surface area contributed by atoms with Gasteiger partial charge in [0.1, 0.15) is 16.9 Å². The lowest BCUT2D eigenvalue weighted by Crippen LogP contribution is -2.48. The first-order valence-corrected chi connectivity index (χ1v) is 11.0. The van der Waals surface area contributed by atoms with E-state index in [1.807, 2.05) is 0 Å². The predicted molar refractivity (Wildman–Crippen MR) is 122 cm³/mol. The lowest BCUT2D eigenvalue weighted by molar-refractivity contribution is 0.192. The number of hydrogen-bond donors (Lipinski definition) is 3. The van der Waals surface area contributed by atoms with Gasteiger partial charge in [0.05, 0.1) is 5.02 Å². The van der Waals surface area contributed by atoms with Crippen molar-refractivity contribution >= 4 is 34.4 Å². The van der Waals surface area contributed by atoms with Crippen LogP contribution >= 0.6 is 11.6 Å². The Morgan fingerprint density at radius 2 is 2.06 bits per heavy atom. The summed E-state index contributed by atoms with van der Waals surface area (Å²) < 4.78 is 1.59. The number of aromatic amines is 1. The van der Waals surface area contributed by atoms with Crippen molar-refractivity contribution in [3.63, 3.8) is 0 Å². The minimum atomic E-state index is -0.179. The van der Waals surface area contributed by atoms with Crippen LogP contribution in [0.15, 0.2) is 17.1 Å². The van der Waals surface area contributed by atoms with Gasteiger partial charge in [0.2, 0.25) is 5.95 Å². The number of nitrogens with zero attached hydrogens (tertiary/aromatic N) is 5. The first-order chi connectivity index (χ1) is 14.8. The number of nitrogen functional groups attached to an aromatic ring is 1. The Hall–Kier alpha value is -2.65. The van der Waals surface area contributed by atoms with E-state index in [0.29, 0.717) is 34.2 Å². The number of H-pyrrole nitrogens is 1. The van der Waals surface area contributed by atoms with Crippen molar-refractivity contribution < 1.29 is 0 Å². The van der Waals surface area contributed by atoms with E-state index >= 15 is 0 Å². The van der Waals surface area contributed by atoms with Gasteiger partial charge >= 0.3 is 0 Å². The van der Waals surface area contributed by atoms with Crippen molar-refractivity contribution in [3.05, 3.63) is 27.6 Å². The number of halogens is 1. The Kier molecular flexibility index (Phi) is 4.71. The van der Waals surface area contributed by atoms with Crippen molar-refractivity contribution in [2.45, 2.75) is 38.6 Å². The molecular formula is C21H27ClN8O. The van der Waals surface area contributed by atoms with Gasteiger partial charge in [-0.2, -0.15) is 10.1 Å². The summed E-state index contributed by atoms with van der Waals surface area (Å²) in [6, 6.07) is 1.95. The minimum absolute atomic E-state index is 0.179. The van der Waals surface area contributed by atoms with Crippen LogP contribution in [0.5, 0.6) is 0 Å². The first kappa shape index (κ1) is 20.3. The molecule has 31 heavy (non-hydrogen) atoms. The molecule has 9 nitrogen and oxygen atoms in total. The number of aromatic nitrogens is 5. The number of nitrogens with one attached hydrogen (secondary N) is 1. The monoisotopic (exact) mass is 442 g/mol. The molecule has 1 spiro atoms. The Labute approximate surface area is 184 Å². The SMILES string of the molecule is C[C@H]1C[C@@H](N)C2(CCN(c3nc4[nH]nc(-c5ccnc(N)c5Cl)c4c(=O)n3C)CC2)C1. The van der Waals surface area contributed by atoms with Crippen LogP contribution < -0.4 is 21.9 Å². The van der Waals surface area contributed by atoms with Gasteiger partial charge in [-0.05, 0) is 43.1 Å². The Balaban J connectivity index is 1.51. The van der Waals surface area contributed by atoms with Gasteiger partial charge in [-0.3, -0.25) is 14.5 Å². The highest BCUT2D eigenvalue weighted by molar-refractivity contribution is 6.35. The summed E-state index contributed by atoms with van der Waals surface area (Å²) >= 11 is 6.32. The number of nitrogens with two attached hydrogens (primary N) is 2. The fourth-order valence-electron chi connectivity index (χ4n) is 5.51. The molecule has 1 saturated carbocycles. The molecule has 0 amide bonds. The van der Waals surface area contributed by atoms with Crippen LogP contribution in [0, 0.1) is 11.3 Å². The fraction of sp³-hybridized carbons (Fsp3) is 0.524. The normalized spacial score (nSPS) is 23.2. The lowest BCUT2D eigenvalue weighted by atomic mass is 9.74. The molecule has 10 heteroatoms. The second-order valence-corrected chi connectivity index (χ2v) is 9.51. The Bertz CT molecular complexity index is 1210. The molecule has 0 bridgehead atoms. The average Bonchev–Trinajstić information content (AvgIpc) is 3.28. The number of anilines is 2. The fourth-order valence-corrected chi connectivity index (χ4v) is 5.71. The molecule has 5 rings (SSSR count). The molecule has 4 heterocycles. The van der Waals surface area contributed by atoms with Crippen LogP contribution in [0.4, 0.5) is 11.8 Å². The highest BCUT2D eigenvalue weighted by Gasteiger charge is 2.46.